The monoisotopic (exact) mass is 497 g/mol. The minimum atomic E-state index is -1.28. The van der Waals surface area contributed by atoms with E-state index >= 15 is 0 Å². The smallest absolute Gasteiger partial charge is 0.326 e. The van der Waals surface area contributed by atoms with Gasteiger partial charge in [0.05, 0.1) is 0 Å². The van der Waals surface area contributed by atoms with Crippen LogP contribution in [0.3, 0.4) is 0 Å². The van der Waals surface area contributed by atoms with Crippen molar-refractivity contribution in [3.63, 3.8) is 0 Å². The van der Waals surface area contributed by atoms with Crippen LogP contribution >= 0.6 is 0 Å². The van der Waals surface area contributed by atoms with Crippen LogP contribution in [0, 0.1) is 0 Å². The van der Waals surface area contributed by atoms with Crippen molar-refractivity contribution in [2.45, 2.75) is 135 Å². The maximum atomic E-state index is 12.1. The first kappa shape index (κ1) is 32.5. The number of carboxylic acids is 2. The molecule has 0 aliphatic heterocycles. The first-order chi connectivity index (χ1) is 16.8. The SMILES string of the molecule is CCCCCCCCCCCCCCCC(=O)N[C@@H](CCC(=O)N[C@@H](CC[C]=O)C(=O)O)C(=O)O. The summed E-state index contributed by atoms with van der Waals surface area (Å²) in [6, 6.07) is -2.46. The summed E-state index contributed by atoms with van der Waals surface area (Å²) in [4.78, 5) is 56.9. The summed E-state index contributed by atoms with van der Waals surface area (Å²) in [7, 11) is 0. The van der Waals surface area contributed by atoms with Crippen molar-refractivity contribution in [3.8, 4) is 0 Å². The van der Waals surface area contributed by atoms with E-state index < -0.39 is 29.9 Å². The highest BCUT2D eigenvalue weighted by Crippen LogP contribution is 2.13. The Kier molecular flexibility index (Phi) is 20.5. The quantitative estimate of drug-likeness (QED) is 0.145. The van der Waals surface area contributed by atoms with E-state index in [9.17, 15) is 29.1 Å². The van der Waals surface area contributed by atoms with Gasteiger partial charge in [-0.25, -0.2) is 9.59 Å². The second-order valence-corrected chi connectivity index (χ2v) is 9.13. The molecule has 0 aromatic heterocycles. The van der Waals surface area contributed by atoms with Crippen molar-refractivity contribution in [3.05, 3.63) is 0 Å². The molecule has 0 aliphatic rings. The average Bonchev–Trinajstić information content (AvgIpc) is 2.81. The zero-order chi connectivity index (χ0) is 26.3. The molecule has 0 saturated heterocycles. The van der Waals surface area contributed by atoms with Gasteiger partial charge in [-0.2, -0.15) is 0 Å². The molecule has 0 saturated carbocycles. The number of hydrogen-bond acceptors (Lipinski definition) is 5. The third-order valence-electron chi connectivity index (χ3n) is 5.97. The Bertz CT molecular complexity index is 625. The molecule has 0 fully saturated rings. The van der Waals surface area contributed by atoms with Gasteiger partial charge in [-0.15, -0.1) is 0 Å². The van der Waals surface area contributed by atoms with Crippen molar-refractivity contribution in [2.24, 2.45) is 0 Å². The zero-order valence-electron chi connectivity index (χ0n) is 21.3. The van der Waals surface area contributed by atoms with Gasteiger partial charge < -0.3 is 20.8 Å². The number of hydrogen-bond donors (Lipinski definition) is 4. The van der Waals surface area contributed by atoms with Crippen LogP contribution in [0.15, 0.2) is 0 Å². The van der Waals surface area contributed by atoms with Crippen molar-refractivity contribution in [1.29, 1.82) is 0 Å². The Labute approximate surface area is 209 Å². The summed E-state index contributed by atoms with van der Waals surface area (Å²) < 4.78 is 0. The van der Waals surface area contributed by atoms with Gasteiger partial charge in [-0.3, -0.25) is 14.4 Å². The summed E-state index contributed by atoms with van der Waals surface area (Å²) in [5, 5.41) is 23.1. The molecule has 0 aromatic rings. The van der Waals surface area contributed by atoms with Gasteiger partial charge in [0, 0.05) is 19.3 Å². The molecule has 2 amide bonds. The van der Waals surface area contributed by atoms with Crippen LogP contribution in [0.25, 0.3) is 0 Å². The summed E-state index contributed by atoms with van der Waals surface area (Å²) in [6.45, 7) is 2.23. The molecule has 0 aliphatic carbocycles. The van der Waals surface area contributed by atoms with Crippen molar-refractivity contribution >= 4 is 30.0 Å². The molecule has 9 nitrogen and oxygen atoms in total. The first-order valence-electron chi connectivity index (χ1n) is 13.2. The van der Waals surface area contributed by atoms with Crippen LogP contribution in [0.4, 0.5) is 0 Å². The van der Waals surface area contributed by atoms with Gasteiger partial charge in [-0.1, -0.05) is 84.0 Å². The Balaban J connectivity index is 3.96. The second kappa shape index (κ2) is 22.0. The van der Waals surface area contributed by atoms with E-state index in [0.29, 0.717) is 6.42 Å². The highest BCUT2D eigenvalue weighted by Gasteiger charge is 2.23. The molecule has 2 atom stereocenters. The van der Waals surface area contributed by atoms with E-state index in [0.717, 1.165) is 19.3 Å². The van der Waals surface area contributed by atoms with Crippen molar-refractivity contribution in [2.75, 3.05) is 0 Å². The standard InChI is InChI=1S/C26H45N2O7/c1-2-3-4-5-6-7-8-9-10-11-12-13-14-17-23(30)28-22(26(34)35)18-19-24(31)27-21(25(32)33)16-15-20-29/h21-22H,2-19H2,1H3,(H,27,31)(H,28,30)(H,32,33)(H,34,35)/t21-,22-/m0/s1. The maximum absolute atomic E-state index is 12.1. The number of rotatable bonds is 24. The summed E-state index contributed by atoms with van der Waals surface area (Å²) in [5.41, 5.74) is 0. The molecule has 4 N–H and O–H groups in total. The van der Waals surface area contributed by atoms with Gasteiger partial charge in [-0.05, 0) is 19.3 Å². The summed E-state index contributed by atoms with van der Waals surface area (Å²) >= 11 is 0. The molecular weight excluding hydrogens is 452 g/mol. The molecule has 1 radical (unpaired) electrons. The van der Waals surface area contributed by atoms with Crippen LogP contribution < -0.4 is 10.6 Å². The number of carbonyl (C=O) groups excluding carboxylic acids is 3. The van der Waals surface area contributed by atoms with Crippen LogP contribution in [0.5, 0.6) is 0 Å². The zero-order valence-corrected chi connectivity index (χ0v) is 21.3. The van der Waals surface area contributed by atoms with Gasteiger partial charge in [0.15, 0.2) is 6.29 Å². The highest BCUT2D eigenvalue weighted by molar-refractivity contribution is 5.86. The molecule has 0 unspecified atom stereocenters. The lowest BCUT2D eigenvalue weighted by molar-refractivity contribution is -0.143. The lowest BCUT2D eigenvalue weighted by Crippen LogP contribution is -2.43. The largest absolute Gasteiger partial charge is 0.480 e. The topological polar surface area (TPSA) is 150 Å². The molecule has 0 aromatic carbocycles. The Morgan fingerprint density at radius 2 is 1.03 bits per heavy atom. The van der Waals surface area contributed by atoms with Crippen LogP contribution in [-0.4, -0.2) is 52.3 Å². The maximum Gasteiger partial charge on any atom is 0.326 e. The fourth-order valence-electron chi connectivity index (χ4n) is 3.83. The third-order valence-corrected chi connectivity index (χ3v) is 5.97. The molecule has 0 heterocycles. The second-order valence-electron chi connectivity index (χ2n) is 9.13. The van der Waals surface area contributed by atoms with Crippen molar-refractivity contribution < 1.29 is 34.2 Å². The third kappa shape index (κ3) is 19.5. The van der Waals surface area contributed by atoms with E-state index in [1.165, 1.54) is 57.8 Å². The summed E-state index contributed by atoms with van der Waals surface area (Å²) in [6.07, 6.45) is 16.7. The molecule has 0 rings (SSSR count). The summed E-state index contributed by atoms with van der Waals surface area (Å²) in [5.74, 6) is -3.55. The number of carboxylic acid groups (broad SMARTS) is 2. The number of carbonyl (C=O) groups is 4. The molecule has 0 spiro atoms. The number of aliphatic carboxylic acids is 2. The number of unbranched alkanes of at least 4 members (excludes halogenated alkanes) is 12. The Morgan fingerprint density at radius 1 is 0.629 bits per heavy atom. The predicted octanol–water partition coefficient (Wildman–Crippen LogP) is 4.28. The molecule has 0 bridgehead atoms. The van der Waals surface area contributed by atoms with Gasteiger partial charge in [0.25, 0.3) is 0 Å². The molecule has 201 valence electrons. The van der Waals surface area contributed by atoms with Crippen LogP contribution in [0.2, 0.25) is 0 Å². The molecular formula is C26H45N2O7. The van der Waals surface area contributed by atoms with E-state index in [2.05, 4.69) is 17.6 Å². The van der Waals surface area contributed by atoms with E-state index in [1.54, 1.807) is 6.29 Å². The van der Waals surface area contributed by atoms with Gasteiger partial charge in [0.2, 0.25) is 11.8 Å². The van der Waals surface area contributed by atoms with E-state index in [4.69, 9.17) is 5.11 Å². The first-order valence-corrected chi connectivity index (χ1v) is 13.2. The molecule has 35 heavy (non-hydrogen) atoms. The van der Waals surface area contributed by atoms with E-state index in [1.807, 2.05) is 0 Å². The number of nitrogens with one attached hydrogen (secondary N) is 2. The minimum absolute atomic E-state index is 0.0945. The predicted molar refractivity (Wildman–Crippen MR) is 134 cm³/mol. The average molecular weight is 498 g/mol. The lowest BCUT2D eigenvalue weighted by Gasteiger charge is -2.16. The van der Waals surface area contributed by atoms with Gasteiger partial charge >= 0.3 is 11.9 Å². The lowest BCUT2D eigenvalue weighted by atomic mass is 10.0. The number of amides is 2. The molecule has 9 heteroatoms. The van der Waals surface area contributed by atoms with Crippen molar-refractivity contribution in [1.82, 2.24) is 10.6 Å². The van der Waals surface area contributed by atoms with Crippen LogP contribution in [-0.2, 0) is 24.0 Å². The van der Waals surface area contributed by atoms with Gasteiger partial charge in [0.1, 0.15) is 12.1 Å². The Hall–Kier alpha value is -2.45. The van der Waals surface area contributed by atoms with E-state index in [-0.39, 0.29) is 38.0 Å². The highest BCUT2D eigenvalue weighted by atomic mass is 16.4. The fraction of sp³-hybridized carbons (Fsp3) is 0.808. The normalized spacial score (nSPS) is 12.5. The Morgan fingerprint density at radius 3 is 1.46 bits per heavy atom. The minimum Gasteiger partial charge on any atom is -0.480 e. The van der Waals surface area contributed by atoms with Crippen LogP contribution in [0.1, 0.15) is 122 Å². The fourth-order valence-corrected chi connectivity index (χ4v) is 3.83.